The SMILES string of the molecule is CCOc1ccc(-c2noc(CCC(=O)N(C)c3nc4ccccc4s3)n2)cc1. The molecule has 1 amide bonds. The van der Waals surface area contributed by atoms with E-state index in [1.807, 2.05) is 55.5 Å². The predicted molar refractivity (Wildman–Crippen MR) is 112 cm³/mol. The Morgan fingerprint density at radius 2 is 1.93 bits per heavy atom. The maximum absolute atomic E-state index is 12.6. The number of carbonyl (C=O) groups excluding carboxylic acids is 1. The number of hydrogen-bond acceptors (Lipinski definition) is 7. The Morgan fingerprint density at radius 1 is 1.14 bits per heavy atom. The summed E-state index contributed by atoms with van der Waals surface area (Å²) in [5.74, 6) is 1.67. The van der Waals surface area contributed by atoms with E-state index >= 15 is 0 Å². The fourth-order valence-corrected chi connectivity index (χ4v) is 3.78. The normalized spacial score (nSPS) is 11.0. The van der Waals surface area contributed by atoms with Gasteiger partial charge in [-0.15, -0.1) is 0 Å². The Morgan fingerprint density at radius 3 is 2.69 bits per heavy atom. The highest BCUT2D eigenvalue weighted by Gasteiger charge is 2.17. The molecule has 0 bridgehead atoms. The lowest BCUT2D eigenvalue weighted by molar-refractivity contribution is -0.118. The van der Waals surface area contributed by atoms with Crippen LogP contribution in [0.25, 0.3) is 21.6 Å². The number of para-hydroxylation sites is 1. The number of benzene rings is 2. The van der Waals surface area contributed by atoms with Crippen molar-refractivity contribution in [3.8, 4) is 17.1 Å². The number of amides is 1. The van der Waals surface area contributed by atoms with Gasteiger partial charge in [-0.25, -0.2) is 4.98 Å². The van der Waals surface area contributed by atoms with Crippen molar-refractivity contribution in [1.82, 2.24) is 15.1 Å². The molecule has 0 N–H and O–H groups in total. The molecule has 29 heavy (non-hydrogen) atoms. The molecule has 4 aromatic rings. The molecule has 0 aliphatic rings. The molecule has 8 heteroatoms. The third-order valence-corrected chi connectivity index (χ3v) is 5.50. The van der Waals surface area contributed by atoms with Gasteiger partial charge in [0.1, 0.15) is 5.75 Å². The van der Waals surface area contributed by atoms with Crippen LogP contribution in [-0.2, 0) is 11.2 Å². The predicted octanol–water partition coefficient (Wildman–Crippen LogP) is 4.34. The molecule has 0 fully saturated rings. The van der Waals surface area contributed by atoms with Gasteiger partial charge >= 0.3 is 0 Å². The van der Waals surface area contributed by atoms with Crippen LogP contribution in [0, 0.1) is 0 Å². The summed E-state index contributed by atoms with van der Waals surface area (Å²) in [5, 5.41) is 4.69. The second-order valence-corrected chi connectivity index (χ2v) is 7.40. The van der Waals surface area contributed by atoms with Crippen molar-refractivity contribution in [1.29, 1.82) is 0 Å². The van der Waals surface area contributed by atoms with Crippen LogP contribution < -0.4 is 9.64 Å². The van der Waals surface area contributed by atoms with Gasteiger partial charge < -0.3 is 9.26 Å². The number of rotatable bonds is 7. The summed E-state index contributed by atoms with van der Waals surface area (Å²) in [4.78, 5) is 23.0. The number of fused-ring (bicyclic) bond motifs is 1. The zero-order valence-corrected chi connectivity index (χ0v) is 17.0. The van der Waals surface area contributed by atoms with Crippen molar-refractivity contribution >= 4 is 32.6 Å². The Hall–Kier alpha value is -3.26. The zero-order valence-electron chi connectivity index (χ0n) is 16.2. The van der Waals surface area contributed by atoms with Gasteiger partial charge in [-0.05, 0) is 43.3 Å². The minimum Gasteiger partial charge on any atom is -0.494 e. The monoisotopic (exact) mass is 408 g/mol. The highest BCUT2D eigenvalue weighted by atomic mass is 32.1. The molecule has 148 valence electrons. The summed E-state index contributed by atoms with van der Waals surface area (Å²) in [5.41, 5.74) is 1.73. The molecule has 0 unspecified atom stereocenters. The van der Waals surface area contributed by atoms with Gasteiger partial charge in [-0.3, -0.25) is 9.69 Å². The standard InChI is InChI=1S/C21H20N4O3S/c1-3-27-15-10-8-14(9-11-15)20-23-18(28-24-20)12-13-19(26)25(2)21-22-16-6-4-5-7-17(16)29-21/h4-11H,3,12-13H2,1-2H3. The molecule has 0 spiro atoms. The van der Waals surface area contributed by atoms with Crippen molar-refractivity contribution in [3.05, 3.63) is 54.4 Å². The lowest BCUT2D eigenvalue weighted by atomic mass is 10.2. The first kappa shape index (κ1) is 19.1. The molecule has 2 aromatic heterocycles. The molecule has 0 saturated heterocycles. The molecule has 0 atom stereocenters. The van der Waals surface area contributed by atoms with Crippen molar-refractivity contribution < 1.29 is 14.1 Å². The van der Waals surface area contributed by atoms with Crippen molar-refractivity contribution in [2.45, 2.75) is 19.8 Å². The average Bonchev–Trinajstić information content (AvgIpc) is 3.39. The van der Waals surface area contributed by atoms with Crippen LogP contribution in [0.3, 0.4) is 0 Å². The van der Waals surface area contributed by atoms with Gasteiger partial charge in [0.2, 0.25) is 17.6 Å². The molecule has 0 saturated carbocycles. The number of nitrogens with zero attached hydrogens (tertiary/aromatic N) is 4. The molecule has 7 nitrogen and oxygen atoms in total. The first-order valence-electron chi connectivity index (χ1n) is 9.32. The summed E-state index contributed by atoms with van der Waals surface area (Å²) in [6.07, 6.45) is 0.634. The minimum atomic E-state index is -0.0510. The molecule has 2 aromatic carbocycles. The van der Waals surface area contributed by atoms with E-state index in [1.54, 1.807) is 11.9 Å². The van der Waals surface area contributed by atoms with Gasteiger partial charge in [0.25, 0.3) is 0 Å². The van der Waals surface area contributed by atoms with Crippen molar-refractivity contribution in [2.24, 2.45) is 0 Å². The Bertz CT molecular complexity index is 1090. The smallest absolute Gasteiger partial charge is 0.229 e. The second-order valence-electron chi connectivity index (χ2n) is 6.39. The van der Waals surface area contributed by atoms with E-state index in [2.05, 4.69) is 15.1 Å². The first-order chi connectivity index (χ1) is 14.1. The van der Waals surface area contributed by atoms with Crippen molar-refractivity contribution in [3.63, 3.8) is 0 Å². The summed E-state index contributed by atoms with van der Waals surface area (Å²) < 4.78 is 11.8. The molecular weight excluding hydrogens is 388 g/mol. The van der Waals surface area contributed by atoms with Gasteiger partial charge in [-0.1, -0.05) is 28.6 Å². The maximum Gasteiger partial charge on any atom is 0.229 e. The molecule has 0 aliphatic carbocycles. The molecule has 0 aliphatic heterocycles. The fraction of sp³-hybridized carbons (Fsp3) is 0.238. The van der Waals surface area contributed by atoms with E-state index in [1.165, 1.54) is 11.3 Å². The van der Waals surface area contributed by atoms with E-state index in [0.717, 1.165) is 21.5 Å². The van der Waals surface area contributed by atoms with Gasteiger partial charge in [0, 0.05) is 25.5 Å². The van der Waals surface area contributed by atoms with Crippen molar-refractivity contribution in [2.75, 3.05) is 18.6 Å². The van der Waals surface area contributed by atoms with Crippen LogP contribution in [0.4, 0.5) is 5.13 Å². The maximum atomic E-state index is 12.6. The Kier molecular flexibility index (Phi) is 5.53. The number of hydrogen-bond donors (Lipinski definition) is 0. The fourth-order valence-electron chi connectivity index (χ4n) is 2.83. The number of thiazole rings is 1. The average molecular weight is 408 g/mol. The summed E-state index contributed by atoms with van der Waals surface area (Å²) in [6, 6.07) is 15.3. The minimum absolute atomic E-state index is 0.0510. The van der Waals surface area contributed by atoms with Crippen LogP contribution in [0.15, 0.2) is 53.1 Å². The quantitative estimate of drug-likeness (QED) is 0.452. The lowest BCUT2D eigenvalue weighted by Crippen LogP contribution is -2.26. The topological polar surface area (TPSA) is 81.4 Å². The van der Waals surface area contributed by atoms with Crippen LogP contribution in [0.2, 0.25) is 0 Å². The van der Waals surface area contributed by atoms with Crippen LogP contribution in [0.5, 0.6) is 5.75 Å². The summed E-state index contributed by atoms with van der Waals surface area (Å²) in [6.45, 7) is 2.56. The van der Waals surface area contributed by atoms with E-state index in [4.69, 9.17) is 9.26 Å². The van der Waals surface area contributed by atoms with E-state index in [-0.39, 0.29) is 12.3 Å². The van der Waals surface area contributed by atoms with Gasteiger partial charge in [-0.2, -0.15) is 4.98 Å². The number of anilines is 1. The van der Waals surface area contributed by atoms with Crippen LogP contribution >= 0.6 is 11.3 Å². The number of aryl methyl sites for hydroxylation is 1. The zero-order chi connectivity index (χ0) is 20.2. The molecule has 2 heterocycles. The van der Waals surface area contributed by atoms with Crippen LogP contribution in [0.1, 0.15) is 19.2 Å². The molecule has 0 radical (unpaired) electrons. The first-order valence-corrected chi connectivity index (χ1v) is 10.1. The summed E-state index contributed by atoms with van der Waals surface area (Å²) in [7, 11) is 1.74. The van der Waals surface area contributed by atoms with E-state index < -0.39 is 0 Å². The lowest BCUT2D eigenvalue weighted by Gasteiger charge is -2.12. The number of ether oxygens (including phenoxy) is 1. The third-order valence-electron chi connectivity index (χ3n) is 4.39. The van der Waals surface area contributed by atoms with Crippen LogP contribution in [-0.4, -0.2) is 34.7 Å². The highest BCUT2D eigenvalue weighted by Crippen LogP contribution is 2.28. The Balaban J connectivity index is 1.38. The van der Waals surface area contributed by atoms with Gasteiger partial charge in [0.05, 0.1) is 16.8 Å². The number of carbonyl (C=O) groups is 1. The third kappa shape index (κ3) is 4.27. The largest absolute Gasteiger partial charge is 0.494 e. The second kappa shape index (κ2) is 8.40. The van der Waals surface area contributed by atoms with E-state index in [0.29, 0.717) is 29.9 Å². The van der Waals surface area contributed by atoms with E-state index in [9.17, 15) is 4.79 Å². The Labute approximate surface area is 171 Å². The van der Waals surface area contributed by atoms with Gasteiger partial charge in [0.15, 0.2) is 5.13 Å². The highest BCUT2D eigenvalue weighted by molar-refractivity contribution is 7.22. The molecular formula is C21H20N4O3S. The summed E-state index contributed by atoms with van der Waals surface area (Å²) >= 11 is 1.49. The number of aromatic nitrogens is 3. The molecule has 4 rings (SSSR count).